The average molecular weight is 390 g/mol. The molecule has 3 heterocycles. The fourth-order valence-electron chi connectivity index (χ4n) is 5.29. The van der Waals surface area contributed by atoms with E-state index in [1.165, 1.54) is 38.5 Å². The number of urea groups is 1. The molecule has 3 fully saturated rings. The van der Waals surface area contributed by atoms with Gasteiger partial charge in [0.25, 0.3) is 0 Å². The van der Waals surface area contributed by atoms with E-state index in [0.717, 1.165) is 64.5 Å². The molecule has 0 unspecified atom stereocenters. The van der Waals surface area contributed by atoms with E-state index in [1.54, 1.807) is 6.20 Å². The van der Waals surface area contributed by atoms with Crippen LogP contribution in [0.15, 0.2) is 12.3 Å². The van der Waals surface area contributed by atoms with Gasteiger partial charge in [0.1, 0.15) is 0 Å². The third-order valence-electron chi connectivity index (χ3n) is 6.96. The van der Waals surface area contributed by atoms with Crippen molar-refractivity contribution in [1.82, 2.24) is 25.3 Å². The summed E-state index contributed by atoms with van der Waals surface area (Å²) < 4.78 is 5.59. The van der Waals surface area contributed by atoms with E-state index in [0.29, 0.717) is 5.92 Å². The molecule has 1 atom stereocenters. The molecule has 0 aromatic carbocycles. The van der Waals surface area contributed by atoms with Gasteiger partial charge in [0.05, 0.1) is 13.2 Å². The van der Waals surface area contributed by atoms with Gasteiger partial charge in [-0.15, -0.1) is 0 Å². The van der Waals surface area contributed by atoms with Crippen LogP contribution < -0.4 is 5.32 Å². The van der Waals surface area contributed by atoms with Crippen LogP contribution in [0.4, 0.5) is 4.79 Å². The van der Waals surface area contributed by atoms with Crippen molar-refractivity contribution in [1.29, 1.82) is 0 Å². The van der Waals surface area contributed by atoms with Gasteiger partial charge in [-0.1, -0.05) is 25.7 Å². The predicted molar refractivity (Wildman–Crippen MR) is 108 cm³/mol. The molecule has 0 bridgehead atoms. The Morgan fingerprint density at radius 1 is 1.18 bits per heavy atom. The number of carbonyl (C=O) groups is 1. The van der Waals surface area contributed by atoms with Crippen LogP contribution >= 0.6 is 0 Å². The molecule has 1 aliphatic carbocycles. The molecule has 4 rings (SSSR count). The van der Waals surface area contributed by atoms with E-state index in [1.807, 2.05) is 11.0 Å². The highest BCUT2D eigenvalue weighted by Crippen LogP contribution is 2.33. The molecular formula is C21H35N5O2. The number of aromatic nitrogens is 2. The number of rotatable bonds is 4. The maximum absolute atomic E-state index is 13.0. The number of morpholine rings is 1. The van der Waals surface area contributed by atoms with Crippen molar-refractivity contribution in [3.05, 3.63) is 18.0 Å². The lowest BCUT2D eigenvalue weighted by Crippen LogP contribution is -2.60. The number of H-pyrrole nitrogens is 1. The van der Waals surface area contributed by atoms with E-state index in [4.69, 9.17) is 4.74 Å². The van der Waals surface area contributed by atoms with Crippen LogP contribution in [0.1, 0.15) is 63.0 Å². The SMILES string of the molecule is O=C(NCC1(N2CCOCC2)CCCCCC1)N1CCC[C@H](c2ccn[nH]2)C1. The minimum atomic E-state index is 0.0982. The summed E-state index contributed by atoms with van der Waals surface area (Å²) in [6, 6.07) is 2.13. The molecule has 7 heteroatoms. The number of amides is 2. The standard InChI is InChI=1S/C21H35N5O2/c27-20(25-11-5-6-18(16-25)19-7-10-23-24-19)22-17-21(8-3-1-2-4-9-21)26-12-14-28-15-13-26/h7,10,18H,1-6,8-9,11-17H2,(H,22,27)(H,23,24)/t18-/m0/s1. The van der Waals surface area contributed by atoms with E-state index in [9.17, 15) is 4.79 Å². The molecule has 7 nitrogen and oxygen atoms in total. The molecule has 1 aromatic rings. The fraction of sp³-hybridized carbons (Fsp3) is 0.810. The Bertz CT molecular complexity index is 606. The first kappa shape index (κ1) is 19.7. The summed E-state index contributed by atoms with van der Waals surface area (Å²) in [5.74, 6) is 0.369. The summed E-state index contributed by atoms with van der Waals surface area (Å²) >= 11 is 0. The van der Waals surface area contributed by atoms with Gasteiger partial charge in [0.2, 0.25) is 0 Å². The van der Waals surface area contributed by atoms with E-state index >= 15 is 0 Å². The van der Waals surface area contributed by atoms with E-state index in [-0.39, 0.29) is 11.6 Å². The molecule has 2 aliphatic heterocycles. The average Bonchev–Trinajstić information content (AvgIpc) is 3.19. The predicted octanol–water partition coefficient (Wildman–Crippen LogP) is 2.72. The second-order valence-electron chi connectivity index (χ2n) is 8.69. The van der Waals surface area contributed by atoms with Crippen molar-refractivity contribution < 1.29 is 9.53 Å². The monoisotopic (exact) mass is 389 g/mol. The van der Waals surface area contributed by atoms with Crippen LogP contribution in [0.5, 0.6) is 0 Å². The number of ether oxygens (including phenoxy) is 1. The smallest absolute Gasteiger partial charge is 0.317 e. The summed E-state index contributed by atoms with van der Waals surface area (Å²) in [5.41, 5.74) is 1.25. The first-order valence-electron chi connectivity index (χ1n) is 11.1. The zero-order valence-corrected chi connectivity index (χ0v) is 17.0. The Balaban J connectivity index is 1.38. The lowest BCUT2D eigenvalue weighted by molar-refractivity contribution is -0.0280. The van der Waals surface area contributed by atoms with Crippen LogP contribution in [-0.4, -0.2) is 77.5 Å². The molecule has 2 saturated heterocycles. The van der Waals surface area contributed by atoms with Crippen molar-refractivity contribution in [2.24, 2.45) is 0 Å². The quantitative estimate of drug-likeness (QED) is 0.777. The third kappa shape index (κ3) is 4.51. The van der Waals surface area contributed by atoms with Crippen LogP contribution in [0.25, 0.3) is 0 Å². The molecule has 0 radical (unpaired) electrons. The number of aromatic amines is 1. The number of nitrogens with zero attached hydrogens (tertiary/aromatic N) is 3. The zero-order valence-electron chi connectivity index (χ0n) is 17.0. The summed E-state index contributed by atoms with van der Waals surface area (Å²) in [4.78, 5) is 17.6. The summed E-state index contributed by atoms with van der Waals surface area (Å²) in [7, 11) is 0. The molecule has 1 saturated carbocycles. The Hall–Kier alpha value is -1.60. The van der Waals surface area contributed by atoms with Crippen LogP contribution in [0.3, 0.4) is 0 Å². The lowest BCUT2D eigenvalue weighted by Gasteiger charge is -2.46. The van der Waals surface area contributed by atoms with Gasteiger partial charge < -0.3 is 15.0 Å². The second kappa shape index (κ2) is 9.27. The van der Waals surface area contributed by atoms with Crippen molar-refractivity contribution >= 4 is 6.03 Å². The Morgan fingerprint density at radius 2 is 1.96 bits per heavy atom. The summed E-state index contributed by atoms with van der Waals surface area (Å²) in [6.45, 7) is 5.99. The zero-order chi connectivity index (χ0) is 19.2. The Kier molecular flexibility index (Phi) is 6.52. The lowest BCUT2D eigenvalue weighted by atomic mass is 9.87. The van der Waals surface area contributed by atoms with Gasteiger partial charge in [-0.25, -0.2) is 4.79 Å². The van der Waals surface area contributed by atoms with Gasteiger partial charge >= 0.3 is 6.03 Å². The third-order valence-corrected chi connectivity index (χ3v) is 6.96. The maximum Gasteiger partial charge on any atom is 0.317 e. The highest BCUT2D eigenvalue weighted by molar-refractivity contribution is 5.74. The minimum Gasteiger partial charge on any atom is -0.379 e. The van der Waals surface area contributed by atoms with Gasteiger partial charge in [-0.2, -0.15) is 5.10 Å². The number of likely N-dealkylation sites (tertiary alicyclic amines) is 1. The fourth-order valence-corrected chi connectivity index (χ4v) is 5.29. The van der Waals surface area contributed by atoms with Crippen molar-refractivity contribution in [2.75, 3.05) is 45.9 Å². The first-order chi connectivity index (χ1) is 13.8. The molecule has 2 N–H and O–H groups in total. The molecule has 2 amide bonds. The van der Waals surface area contributed by atoms with Crippen molar-refractivity contribution in [3.63, 3.8) is 0 Å². The van der Waals surface area contributed by atoms with Crippen LogP contribution in [-0.2, 0) is 4.74 Å². The van der Waals surface area contributed by atoms with Crippen LogP contribution in [0.2, 0.25) is 0 Å². The molecule has 28 heavy (non-hydrogen) atoms. The van der Waals surface area contributed by atoms with Crippen molar-refractivity contribution in [3.8, 4) is 0 Å². The number of hydrogen-bond donors (Lipinski definition) is 2. The molecule has 3 aliphatic rings. The molecule has 156 valence electrons. The van der Waals surface area contributed by atoms with Gasteiger partial charge in [-0.3, -0.25) is 10.00 Å². The number of piperidine rings is 1. The molecule has 1 aromatic heterocycles. The van der Waals surface area contributed by atoms with Gasteiger partial charge in [0.15, 0.2) is 0 Å². The Labute approximate surface area is 168 Å². The normalized spacial score (nSPS) is 26.6. The number of nitrogens with one attached hydrogen (secondary N) is 2. The van der Waals surface area contributed by atoms with Crippen LogP contribution in [0, 0.1) is 0 Å². The molecule has 0 spiro atoms. The highest BCUT2D eigenvalue weighted by atomic mass is 16.5. The maximum atomic E-state index is 13.0. The largest absolute Gasteiger partial charge is 0.379 e. The van der Waals surface area contributed by atoms with Gasteiger partial charge in [-0.05, 0) is 31.7 Å². The van der Waals surface area contributed by atoms with E-state index in [2.05, 4.69) is 20.4 Å². The summed E-state index contributed by atoms with van der Waals surface area (Å²) in [6.07, 6.45) is 11.5. The Morgan fingerprint density at radius 3 is 2.68 bits per heavy atom. The highest BCUT2D eigenvalue weighted by Gasteiger charge is 2.38. The summed E-state index contributed by atoms with van der Waals surface area (Å²) in [5, 5.41) is 10.5. The topological polar surface area (TPSA) is 73.5 Å². The minimum absolute atomic E-state index is 0.0982. The van der Waals surface area contributed by atoms with E-state index < -0.39 is 0 Å². The van der Waals surface area contributed by atoms with Gasteiger partial charge in [0, 0.05) is 56.1 Å². The second-order valence-corrected chi connectivity index (χ2v) is 8.69. The molecular weight excluding hydrogens is 354 g/mol. The first-order valence-corrected chi connectivity index (χ1v) is 11.1. The van der Waals surface area contributed by atoms with Crippen molar-refractivity contribution in [2.45, 2.75) is 62.8 Å². The number of hydrogen-bond acceptors (Lipinski definition) is 4. The number of carbonyl (C=O) groups excluding carboxylic acids is 1.